The first kappa shape index (κ1) is 17.6. The second-order valence-electron chi connectivity index (χ2n) is 6.09. The number of nitrogens with one attached hydrogen (secondary N) is 1. The Balaban J connectivity index is 1.66. The minimum absolute atomic E-state index is 0.111. The van der Waals surface area contributed by atoms with E-state index in [1.807, 2.05) is 12.1 Å². The summed E-state index contributed by atoms with van der Waals surface area (Å²) in [5, 5.41) is 2.56. The van der Waals surface area contributed by atoms with Gasteiger partial charge in [0.1, 0.15) is 0 Å². The summed E-state index contributed by atoms with van der Waals surface area (Å²) in [6, 6.07) is 14.1. The predicted octanol–water partition coefficient (Wildman–Crippen LogP) is 3.07. The molecule has 5 heteroatoms. The molecule has 0 aliphatic carbocycles. The van der Waals surface area contributed by atoms with Gasteiger partial charge in [-0.05, 0) is 54.5 Å². The van der Waals surface area contributed by atoms with Crippen molar-refractivity contribution in [3.8, 4) is 0 Å². The van der Waals surface area contributed by atoms with Gasteiger partial charge in [0, 0.05) is 36.8 Å². The fraction of sp³-hybridized carbons (Fsp3) is 0.190. The van der Waals surface area contributed by atoms with Gasteiger partial charge in [0.05, 0.1) is 0 Å². The van der Waals surface area contributed by atoms with Gasteiger partial charge in [-0.2, -0.15) is 0 Å². The molecule has 0 spiro atoms. The number of amides is 2. The first-order valence-corrected chi connectivity index (χ1v) is 8.53. The Kier molecular flexibility index (Phi) is 5.27. The van der Waals surface area contributed by atoms with Gasteiger partial charge in [-0.1, -0.05) is 18.2 Å². The zero-order chi connectivity index (χ0) is 18.5. The SMILES string of the molecule is CNC(=O)c1ccc(/C=C/C(=O)c2ccc(N3CCCC3=O)cc2)cc1. The molecule has 2 aromatic carbocycles. The van der Waals surface area contributed by atoms with Crippen molar-refractivity contribution in [1.29, 1.82) is 0 Å². The van der Waals surface area contributed by atoms with E-state index in [1.165, 1.54) is 6.08 Å². The number of benzene rings is 2. The number of rotatable bonds is 5. The zero-order valence-corrected chi connectivity index (χ0v) is 14.6. The molecule has 5 nitrogen and oxygen atoms in total. The lowest BCUT2D eigenvalue weighted by Gasteiger charge is -2.15. The predicted molar refractivity (Wildman–Crippen MR) is 101 cm³/mol. The van der Waals surface area contributed by atoms with Gasteiger partial charge in [-0.25, -0.2) is 0 Å². The summed E-state index contributed by atoms with van der Waals surface area (Å²) in [7, 11) is 1.58. The highest BCUT2D eigenvalue weighted by molar-refractivity contribution is 6.07. The van der Waals surface area contributed by atoms with E-state index in [1.54, 1.807) is 54.4 Å². The van der Waals surface area contributed by atoms with Crippen LogP contribution in [-0.2, 0) is 4.79 Å². The van der Waals surface area contributed by atoms with Gasteiger partial charge in [-0.3, -0.25) is 14.4 Å². The second-order valence-corrected chi connectivity index (χ2v) is 6.09. The van der Waals surface area contributed by atoms with Crippen LogP contribution in [-0.4, -0.2) is 31.2 Å². The van der Waals surface area contributed by atoms with Crippen LogP contribution in [0.25, 0.3) is 6.08 Å². The van der Waals surface area contributed by atoms with Crippen LogP contribution in [0.3, 0.4) is 0 Å². The molecule has 0 saturated carbocycles. The first-order chi connectivity index (χ1) is 12.6. The summed E-state index contributed by atoms with van der Waals surface area (Å²) in [6.07, 6.45) is 4.68. The smallest absolute Gasteiger partial charge is 0.251 e. The molecular weight excluding hydrogens is 328 g/mol. The van der Waals surface area contributed by atoms with E-state index in [4.69, 9.17) is 0 Å². The molecule has 1 saturated heterocycles. The van der Waals surface area contributed by atoms with E-state index in [2.05, 4.69) is 5.32 Å². The maximum atomic E-state index is 12.3. The molecule has 1 aliphatic rings. The van der Waals surface area contributed by atoms with Crippen LogP contribution in [0.2, 0.25) is 0 Å². The summed E-state index contributed by atoms with van der Waals surface area (Å²) >= 11 is 0. The maximum absolute atomic E-state index is 12.3. The van der Waals surface area contributed by atoms with Crippen molar-refractivity contribution in [3.63, 3.8) is 0 Å². The molecule has 1 N–H and O–H groups in total. The highest BCUT2D eigenvalue weighted by Crippen LogP contribution is 2.22. The Hall–Kier alpha value is -3.21. The molecule has 1 aliphatic heterocycles. The molecule has 132 valence electrons. The van der Waals surface area contributed by atoms with Crippen molar-refractivity contribution in [2.24, 2.45) is 0 Å². The lowest BCUT2D eigenvalue weighted by molar-refractivity contribution is -0.117. The second kappa shape index (κ2) is 7.78. The molecule has 2 amide bonds. The molecule has 0 unspecified atom stereocenters. The largest absolute Gasteiger partial charge is 0.355 e. The van der Waals surface area contributed by atoms with Gasteiger partial charge < -0.3 is 10.2 Å². The number of hydrogen-bond acceptors (Lipinski definition) is 3. The van der Waals surface area contributed by atoms with Crippen molar-refractivity contribution < 1.29 is 14.4 Å². The highest BCUT2D eigenvalue weighted by atomic mass is 16.2. The molecule has 1 fully saturated rings. The van der Waals surface area contributed by atoms with Crippen LogP contribution in [0.15, 0.2) is 54.6 Å². The first-order valence-electron chi connectivity index (χ1n) is 8.53. The number of carbonyl (C=O) groups excluding carboxylic acids is 3. The van der Waals surface area contributed by atoms with E-state index in [0.717, 1.165) is 24.2 Å². The number of hydrogen-bond donors (Lipinski definition) is 1. The zero-order valence-electron chi connectivity index (χ0n) is 14.6. The van der Waals surface area contributed by atoms with Gasteiger partial charge in [-0.15, -0.1) is 0 Å². The normalized spacial score (nSPS) is 14.0. The molecule has 0 atom stereocenters. The van der Waals surface area contributed by atoms with Crippen molar-refractivity contribution in [1.82, 2.24) is 5.32 Å². The molecular formula is C21H20N2O3. The summed E-state index contributed by atoms with van der Waals surface area (Å²) in [4.78, 5) is 37.3. The Morgan fingerprint density at radius 3 is 2.23 bits per heavy atom. The number of carbonyl (C=O) groups is 3. The van der Waals surface area contributed by atoms with Crippen LogP contribution >= 0.6 is 0 Å². The Morgan fingerprint density at radius 2 is 1.65 bits per heavy atom. The number of anilines is 1. The lowest BCUT2D eigenvalue weighted by atomic mass is 10.1. The quantitative estimate of drug-likeness (QED) is 0.667. The lowest BCUT2D eigenvalue weighted by Crippen LogP contribution is -2.23. The summed E-state index contributed by atoms with van der Waals surface area (Å²) in [5.74, 6) is -0.128. The van der Waals surface area contributed by atoms with E-state index in [0.29, 0.717) is 17.5 Å². The van der Waals surface area contributed by atoms with Crippen molar-refractivity contribution >= 4 is 29.4 Å². The van der Waals surface area contributed by atoms with Gasteiger partial charge in [0.15, 0.2) is 5.78 Å². The summed E-state index contributed by atoms with van der Waals surface area (Å²) < 4.78 is 0. The minimum Gasteiger partial charge on any atom is -0.355 e. The Labute approximate surface area is 152 Å². The van der Waals surface area contributed by atoms with Crippen LogP contribution < -0.4 is 10.2 Å². The average Bonchev–Trinajstić information content (AvgIpc) is 3.12. The molecule has 1 heterocycles. The average molecular weight is 348 g/mol. The van der Waals surface area contributed by atoms with Crippen LogP contribution in [0, 0.1) is 0 Å². The van der Waals surface area contributed by atoms with Crippen molar-refractivity contribution in [2.45, 2.75) is 12.8 Å². The fourth-order valence-corrected chi connectivity index (χ4v) is 2.88. The van der Waals surface area contributed by atoms with E-state index in [-0.39, 0.29) is 17.6 Å². The van der Waals surface area contributed by atoms with E-state index in [9.17, 15) is 14.4 Å². The molecule has 0 radical (unpaired) electrons. The van der Waals surface area contributed by atoms with Crippen molar-refractivity contribution in [2.75, 3.05) is 18.5 Å². The van der Waals surface area contributed by atoms with Crippen molar-refractivity contribution in [3.05, 3.63) is 71.3 Å². The number of allylic oxidation sites excluding steroid dienone is 1. The Bertz CT molecular complexity index is 852. The maximum Gasteiger partial charge on any atom is 0.251 e. The molecule has 0 aromatic heterocycles. The molecule has 2 aromatic rings. The summed E-state index contributed by atoms with van der Waals surface area (Å²) in [6.45, 7) is 0.734. The third-order valence-electron chi connectivity index (χ3n) is 4.36. The highest BCUT2D eigenvalue weighted by Gasteiger charge is 2.21. The topological polar surface area (TPSA) is 66.5 Å². The Morgan fingerprint density at radius 1 is 1.00 bits per heavy atom. The molecule has 0 bridgehead atoms. The molecule has 3 rings (SSSR count). The third kappa shape index (κ3) is 3.88. The summed E-state index contributed by atoms with van der Waals surface area (Å²) in [5.41, 5.74) is 2.81. The molecule has 26 heavy (non-hydrogen) atoms. The van der Waals surface area contributed by atoms with Crippen LogP contribution in [0.1, 0.15) is 39.1 Å². The fourth-order valence-electron chi connectivity index (χ4n) is 2.88. The van der Waals surface area contributed by atoms with E-state index >= 15 is 0 Å². The van der Waals surface area contributed by atoms with Gasteiger partial charge in [0.25, 0.3) is 5.91 Å². The van der Waals surface area contributed by atoms with Crippen LogP contribution in [0.4, 0.5) is 5.69 Å². The third-order valence-corrected chi connectivity index (χ3v) is 4.36. The monoisotopic (exact) mass is 348 g/mol. The van der Waals surface area contributed by atoms with E-state index < -0.39 is 0 Å². The van der Waals surface area contributed by atoms with Crippen LogP contribution in [0.5, 0.6) is 0 Å². The van der Waals surface area contributed by atoms with Gasteiger partial charge in [0.2, 0.25) is 5.91 Å². The van der Waals surface area contributed by atoms with Gasteiger partial charge >= 0.3 is 0 Å². The number of ketones is 1. The minimum atomic E-state index is -0.145. The number of nitrogens with zero attached hydrogens (tertiary/aromatic N) is 1. The standard InChI is InChI=1S/C21H20N2O3/c1-22-21(26)17-7-4-15(5-8-17)6-13-19(24)16-9-11-18(12-10-16)23-14-2-3-20(23)25/h4-13H,2-3,14H2,1H3,(H,22,26)/b13-6+.